The number of nitrogens with two attached hydrogens (primary N) is 1. The van der Waals surface area contributed by atoms with Crippen LogP contribution < -0.4 is 5.73 Å². The Morgan fingerprint density at radius 1 is 1.47 bits per heavy atom. The van der Waals surface area contributed by atoms with Crippen molar-refractivity contribution < 1.29 is 4.74 Å². The fraction of sp³-hybridized carbons (Fsp3) is 1.00. The second kappa shape index (κ2) is 6.46. The molecule has 0 spiro atoms. The van der Waals surface area contributed by atoms with Gasteiger partial charge in [0.05, 0.1) is 6.10 Å². The molecular weight excluding hydrogens is 188 g/mol. The summed E-state index contributed by atoms with van der Waals surface area (Å²) >= 11 is 0. The molecule has 1 fully saturated rings. The van der Waals surface area contributed by atoms with Crippen molar-refractivity contribution in [3.8, 4) is 0 Å². The Balaban J connectivity index is 2.49. The highest BCUT2D eigenvalue weighted by Gasteiger charge is 2.22. The van der Waals surface area contributed by atoms with Crippen molar-refractivity contribution in [2.45, 2.75) is 45.8 Å². The van der Waals surface area contributed by atoms with Crippen molar-refractivity contribution in [2.24, 2.45) is 11.7 Å². The Morgan fingerprint density at radius 2 is 2.20 bits per heavy atom. The third-order valence-electron chi connectivity index (χ3n) is 3.02. The number of hydrogen-bond donors (Lipinski definition) is 1. The largest absolute Gasteiger partial charge is 0.377 e. The van der Waals surface area contributed by atoms with Crippen molar-refractivity contribution in [1.29, 1.82) is 0 Å². The zero-order chi connectivity index (χ0) is 11.3. The summed E-state index contributed by atoms with van der Waals surface area (Å²) in [6.45, 7) is 10.5. The molecule has 0 saturated carbocycles. The van der Waals surface area contributed by atoms with Gasteiger partial charge in [-0.1, -0.05) is 13.8 Å². The number of rotatable bonds is 4. The van der Waals surface area contributed by atoms with E-state index >= 15 is 0 Å². The Hall–Kier alpha value is -0.120. The van der Waals surface area contributed by atoms with Gasteiger partial charge in [-0.2, -0.15) is 0 Å². The summed E-state index contributed by atoms with van der Waals surface area (Å²) < 4.78 is 5.65. The highest BCUT2D eigenvalue weighted by molar-refractivity contribution is 4.77. The van der Waals surface area contributed by atoms with Gasteiger partial charge in [-0.15, -0.1) is 0 Å². The van der Waals surface area contributed by atoms with Gasteiger partial charge >= 0.3 is 0 Å². The zero-order valence-corrected chi connectivity index (χ0v) is 10.4. The van der Waals surface area contributed by atoms with Gasteiger partial charge in [0, 0.05) is 32.3 Å². The molecule has 1 saturated heterocycles. The van der Waals surface area contributed by atoms with Crippen LogP contribution in [0, 0.1) is 5.92 Å². The average Bonchev–Trinajstić information content (AvgIpc) is 2.39. The lowest BCUT2D eigenvalue weighted by molar-refractivity contribution is 0.0592. The van der Waals surface area contributed by atoms with E-state index in [1.54, 1.807) is 0 Å². The molecule has 3 nitrogen and oxygen atoms in total. The van der Waals surface area contributed by atoms with E-state index in [4.69, 9.17) is 10.5 Å². The molecule has 1 aliphatic heterocycles. The molecule has 0 aliphatic carbocycles. The van der Waals surface area contributed by atoms with Gasteiger partial charge in [0.25, 0.3) is 0 Å². The van der Waals surface area contributed by atoms with Crippen LogP contribution in [-0.4, -0.2) is 43.3 Å². The first kappa shape index (κ1) is 12.9. The molecule has 1 rings (SSSR count). The second-order valence-corrected chi connectivity index (χ2v) is 5.05. The summed E-state index contributed by atoms with van der Waals surface area (Å²) in [5, 5.41) is 0. The molecule has 0 aromatic carbocycles. The number of hydrogen-bond acceptors (Lipinski definition) is 3. The normalized spacial score (nSPS) is 26.6. The van der Waals surface area contributed by atoms with E-state index in [1.165, 1.54) is 6.42 Å². The predicted molar refractivity (Wildman–Crippen MR) is 63.9 cm³/mol. The van der Waals surface area contributed by atoms with Crippen LogP contribution in [0.25, 0.3) is 0 Å². The highest BCUT2D eigenvalue weighted by atomic mass is 16.5. The minimum atomic E-state index is 0.355. The Bertz CT molecular complexity index is 173. The lowest BCUT2D eigenvalue weighted by atomic mass is 10.0. The SMILES string of the molecule is CC(C)CC(CN)N1CCCOC(C)C1. The van der Waals surface area contributed by atoms with E-state index in [-0.39, 0.29) is 0 Å². The van der Waals surface area contributed by atoms with Crippen LogP contribution in [0.4, 0.5) is 0 Å². The maximum absolute atomic E-state index is 5.87. The van der Waals surface area contributed by atoms with E-state index in [9.17, 15) is 0 Å². The first-order valence-corrected chi connectivity index (χ1v) is 6.19. The molecule has 0 aromatic heterocycles. The molecular formula is C12H26N2O. The van der Waals surface area contributed by atoms with Crippen molar-refractivity contribution in [3.63, 3.8) is 0 Å². The second-order valence-electron chi connectivity index (χ2n) is 5.05. The molecule has 2 atom stereocenters. The number of nitrogens with zero attached hydrogens (tertiary/aromatic N) is 1. The van der Waals surface area contributed by atoms with Gasteiger partial charge in [0.1, 0.15) is 0 Å². The molecule has 0 radical (unpaired) electrons. The predicted octanol–water partition coefficient (Wildman–Crippen LogP) is 1.47. The van der Waals surface area contributed by atoms with E-state index in [0.717, 1.165) is 38.6 Å². The molecule has 2 N–H and O–H groups in total. The van der Waals surface area contributed by atoms with E-state index in [0.29, 0.717) is 12.1 Å². The first-order chi connectivity index (χ1) is 7.13. The molecule has 3 heteroatoms. The summed E-state index contributed by atoms with van der Waals surface area (Å²) in [7, 11) is 0. The lowest BCUT2D eigenvalue weighted by Gasteiger charge is -2.31. The van der Waals surface area contributed by atoms with Crippen LogP contribution in [-0.2, 0) is 4.74 Å². The summed E-state index contributed by atoms with van der Waals surface area (Å²) in [6.07, 6.45) is 2.69. The molecule has 2 unspecified atom stereocenters. The van der Waals surface area contributed by atoms with Crippen LogP contribution in [0.15, 0.2) is 0 Å². The van der Waals surface area contributed by atoms with Gasteiger partial charge in [-0.3, -0.25) is 4.90 Å². The maximum atomic E-state index is 5.87. The minimum absolute atomic E-state index is 0.355. The monoisotopic (exact) mass is 214 g/mol. The Kier molecular flexibility index (Phi) is 5.58. The van der Waals surface area contributed by atoms with Crippen LogP contribution >= 0.6 is 0 Å². The molecule has 15 heavy (non-hydrogen) atoms. The van der Waals surface area contributed by atoms with Gasteiger partial charge in [0.2, 0.25) is 0 Å². The number of ether oxygens (including phenoxy) is 1. The molecule has 0 aromatic rings. The smallest absolute Gasteiger partial charge is 0.0674 e. The van der Waals surface area contributed by atoms with Crippen LogP contribution in [0.3, 0.4) is 0 Å². The topological polar surface area (TPSA) is 38.5 Å². The summed E-state index contributed by atoms with van der Waals surface area (Å²) in [6, 6.07) is 0.536. The zero-order valence-electron chi connectivity index (χ0n) is 10.4. The average molecular weight is 214 g/mol. The van der Waals surface area contributed by atoms with Crippen molar-refractivity contribution in [2.75, 3.05) is 26.2 Å². The van der Waals surface area contributed by atoms with Crippen molar-refractivity contribution >= 4 is 0 Å². The summed E-state index contributed by atoms with van der Waals surface area (Å²) in [5.74, 6) is 0.720. The van der Waals surface area contributed by atoms with E-state index in [2.05, 4.69) is 25.7 Å². The lowest BCUT2D eigenvalue weighted by Crippen LogP contribution is -2.44. The minimum Gasteiger partial charge on any atom is -0.377 e. The molecule has 1 heterocycles. The van der Waals surface area contributed by atoms with Gasteiger partial charge < -0.3 is 10.5 Å². The van der Waals surface area contributed by atoms with Gasteiger partial charge in [-0.25, -0.2) is 0 Å². The summed E-state index contributed by atoms with van der Waals surface area (Å²) in [5.41, 5.74) is 5.87. The fourth-order valence-corrected chi connectivity index (χ4v) is 2.30. The van der Waals surface area contributed by atoms with E-state index < -0.39 is 0 Å². The van der Waals surface area contributed by atoms with Crippen LogP contribution in [0.1, 0.15) is 33.6 Å². The van der Waals surface area contributed by atoms with Gasteiger partial charge in [-0.05, 0) is 25.7 Å². The van der Waals surface area contributed by atoms with E-state index in [1.807, 2.05) is 0 Å². The first-order valence-electron chi connectivity index (χ1n) is 6.19. The van der Waals surface area contributed by atoms with Crippen molar-refractivity contribution in [1.82, 2.24) is 4.90 Å². The third-order valence-corrected chi connectivity index (χ3v) is 3.02. The van der Waals surface area contributed by atoms with Crippen molar-refractivity contribution in [3.05, 3.63) is 0 Å². The molecule has 0 amide bonds. The highest BCUT2D eigenvalue weighted by Crippen LogP contribution is 2.14. The maximum Gasteiger partial charge on any atom is 0.0674 e. The molecule has 90 valence electrons. The standard InChI is InChI=1S/C12H26N2O/c1-10(2)7-12(8-13)14-5-4-6-15-11(3)9-14/h10-12H,4-9,13H2,1-3H3. The quantitative estimate of drug-likeness (QED) is 0.770. The Labute approximate surface area is 94.0 Å². The van der Waals surface area contributed by atoms with Gasteiger partial charge in [0.15, 0.2) is 0 Å². The molecule has 0 bridgehead atoms. The van der Waals surface area contributed by atoms with Crippen LogP contribution in [0.5, 0.6) is 0 Å². The molecule has 1 aliphatic rings. The third kappa shape index (κ3) is 4.49. The van der Waals surface area contributed by atoms with Crippen LogP contribution in [0.2, 0.25) is 0 Å². The Morgan fingerprint density at radius 3 is 2.80 bits per heavy atom. The summed E-state index contributed by atoms with van der Waals surface area (Å²) in [4.78, 5) is 2.51. The fourth-order valence-electron chi connectivity index (χ4n) is 2.30.